The molecule has 0 bridgehead atoms. The Morgan fingerprint density at radius 1 is 1.11 bits per heavy atom. The van der Waals surface area contributed by atoms with E-state index in [9.17, 15) is 9.59 Å². The predicted octanol–water partition coefficient (Wildman–Crippen LogP) is 2.29. The molecular weight excluding hydrogens is 356 g/mol. The van der Waals surface area contributed by atoms with Crippen LogP contribution >= 0.6 is 0 Å². The minimum Gasteiger partial charge on any atom is -0.383 e. The molecule has 28 heavy (non-hydrogen) atoms. The highest BCUT2D eigenvalue weighted by Gasteiger charge is 2.20. The number of carbonyl (C=O) groups excluding carboxylic acids is 2. The molecule has 7 heteroatoms. The first kappa shape index (κ1) is 19.6. The highest BCUT2D eigenvalue weighted by Crippen LogP contribution is 2.21. The standard InChI is InChI=1S/C21H24N4O3/c1-15(23-21(27)16-8-4-3-5-9-16)20-24-17-10-6-7-11-18(17)25(20)14-19(26)22-12-13-28-2/h3-11,15H,12-14H2,1-2H3,(H,22,26)(H,23,27)/t15-/m1/s1. The van der Waals surface area contributed by atoms with Crippen molar-refractivity contribution in [2.75, 3.05) is 20.3 Å². The number of rotatable bonds is 8. The first-order chi connectivity index (χ1) is 13.6. The third-order valence-electron chi connectivity index (χ3n) is 4.39. The highest BCUT2D eigenvalue weighted by molar-refractivity contribution is 5.94. The number of amides is 2. The Labute approximate surface area is 163 Å². The van der Waals surface area contributed by atoms with Crippen molar-refractivity contribution in [3.63, 3.8) is 0 Å². The van der Waals surface area contributed by atoms with Crippen LogP contribution in [-0.4, -0.2) is 41.6 Å². The molecule has 0 aliphatic carbocycles. The normalized spacial score (nSPS) is 11.9. The average molecular weight is 380 g/mol. The largest absolute Gasteiger partial charge is 0.383 e. The Morgan fingerprint density at radius 3 is 2.57 bits per heavy atom. The highest BCUT2D eigenvalue weighted by atomic mass is 16.5. The molecule has 146 valence electrons. The molecule has 3 rings (SSSR count). The van der Waals surface area contributed by atoms with Crippen molar-refractivity contribution in [1.82, 2.24) is 20.2 Å². The van der Waals surface area contributed by atoms with Gasteiger partial charge in [-0.25, -0.2) is 4.98 Å². The number of ether oxygens (including phenoxy) is 1. The molecule has 0 fully saturated rings. The van der Waals surface area contributed by atoms with Crippen LogP contribution in [0.5, 0.6) is 0 Å². The van der Waals surface area contributed by atoms with E-state index in [2.05, 4.69) is 15.6 Å². The van der Waals surface area contributed by atoms with Gasteiger partial charge in [0.2, 0.25) is 5.91 Å². The van der Waals surface area contributed by atoms with Crippen LogP contribution in [0.25, 0.3) is 11.0 Å². The maximum absolute atomic E-state index is 12.5. The molecule has 0 unspecified atom stereocenters. The number of imidazole rings is 1. The molecule has 2 aromatic carbocycles. The lowest BCUT2D eigenvalue weighted by atomic mass is 10.2. The van der Waals surface area contributed by atoms with Gasteiger partial charge in [-0.15, -0.1) is 0 Å². The molecule has 2 amide bonds. The molecule has 7 nitrogen and oxygen atoms in total. The van der Waals surface area contributed by atoms with Crippen LogP contribution in [0.1, 0.15) is 29.1 Å². The summed E-state index contributed by atoms with van der Waals surface area (Å²) in [6, 6.07) is 16.3. The zero-order valence-electron chi connectivity index (χ0n) is 16.0. The van der Waals surface area contributed by atoms with Gasteiger partial charge >= 0.3 is 0 Å². The van der Waals surface area contributed by atoms with E-state index in [1.807, 2.05) is 54.0 Å². The second-order valence-corrected chi connectivity index (χ2v) is 6.45. The van der Waals surface area contributed by atoms with E-state index >= 15 is 0 Å². The number of benzene rings is 2. The minimum absolute atomic E-state index is 0.116. The third kappa shape index (κ3) is 4.55. The Bertz CT molecular complexity index is 953. The smallest absolute Gasteiger partial charge is 0.251 e. The van der Waals surface area contributed by atoms with E-state index in [0.717, 1.165) is 11.0 Å². The average Bonchev–Trinajstić information content (AvgIpc) is 3.07. The van der Waals surface area contributed by atoms with Crippen LogP contribution in [0.2, 0.25) is 0 Å². The molecule has 0 aliphatic heterocycles. The number of nitrogens with zero attached hydrogens (tertiary/aromatic N) is 2. The van der Waals surface area contributed by atoms with E-state index in [1.54, 1.807) is 19.2 Å². The molecular formula is C21H24N4O3. The lowest BCUT2D eigenvalue weighted by Gasteiger charge is -2.16. The van der Waals surface area contributed by atoms with Crippen LogP contribution in [0.3, 0.4) is 0 Å². The van der Waals surface area contributed by atoms with Gasteiger partial charge in [0.1, 0.15) is 12.4 Å². The van der Waals surface area contributed by atoms with Gasteiger partial charge < -0.3 is 19.9 Å². The van der Waals surface area contributed by atoms with Crippen LogP contribution < -0.4 is 10.6 Å². The van der Waals surface area contributed by atoms with E-state index in [4.69, 9.17) is 4.74 Å². The lowest BCUT2D eigenvalue weighted by Crippen LogP contribution is -2.33. The predicted molar refractivity (Wildman–Crippen MR) is 107 cm³/mol. The van der Waals surface area contributed by atoms with Crippen molar-refractivity contribution < 1.29 is 14.3 Å². The molecule has 1 heterocycles. The van der Waals surface area contributed by atoms with Crippen molar-refractivity contribution in [2.45, 2.75) is 19.5 Å². The molecule has 0 aliphatic rings. The van der Waals surface area contributed by atoms with E-state index < -0.39 is 0 Å². The molecule has 1 atom stereocenters. The molecule has 0 saturated carbocycles. The zero-order valence-corrected chi connectivity index (χ0v) is 16.0. The first-order valence-electron chi connectivity index (χ1n) is 9.17. The molecule has 0 spiro atoms. The van der Waals surface area contributed by atoms with Crippen molar-refractivity contribution in [3.8, 4) is 0 Å². The number of hydrogen-bond donors (Lipinski definition) is 2. The van der Waals surface area contributed by atoms with Crippen molar-refractivity contribution in [1.29, 1.82) is 0 Å². The van der Waals surface area contributed by atoms with E-state index in [1.165, 1.54) is 0 Å². The Morgan fingerprint density at radius 2 is 1.82 bits per heavy atom. The summed E-state index contributed by atoms with van der Waals surface area (Å²) in [6.45, 7) is 2.87. The molecule has 0 radical (unpaired) electrons. The van der Waals surface area contributed by atoms with Crippen LogP contribution in [0, 0.1) is 0 Å². The summed E-state index contributed by atoms with van der Waals surface area (Å²) >= 11 is 0. The van der Waals surface area contributed by atoms with Crippen LogP contribution in [0.15, 0.2) is 54.6 Å². The number of methoxy groups -OCH3 is 1. The number of nitrogens with one attached hydrogen (secondary N) is 2. The van der Waals surface area contributed by atoms with Crippen molar-refractivity contribution in [2.24, 2.45) is 0 Å². The fraction of sp³-hybridized carbons (Fsp3) is 0.286. The number of carbonyl (C=O) groups is 2. The summed E-state index contributed by atoms with van der Waals surface area (Å²) in [7, 11) is 1.59. The van der Waals surface area contributed by atoms with Gasteiger partial charge in [0.25, 0.3) is 5.91 Å². The van der Waals surface area contributed by atoms with Crippen LogP contribution in [0.4, 0.5) is 0 Å². The van der Waals surface area contributed by atoms with E-state index in [-0.39, 0.29) is 24.4 Å². The Balaban J connectivity index is 1.83. The summed E-state index contributed by atoms with van der Waals surface area (Å²) in [6.07, 6.45) is 0. The molecule has 2 N–H and O–H groups in total. The summed E-state index contributed by atoms with van der Waals surface area (Å²) in [5.41, 5.74) is 2.21. The Hall–Kier alpha value is -3.19. The second kappa shape index (κ2) is 9.14. The van der Waals surface area contributed by atoms with Gasteiger partial charge in [-0.2, -0.15) is 0 Å². The zero-order chi connectivity index (χ0) is 19.9. The van der Waals surface area contributed by atoms with E-state index in [0.29, 0.717) is 24.5 Å². The summed E-state index contributed by atoms with van der Waals surface area (Å²) in [5.74, 6) is 0.312. The van der Waals surface area contributed by atoms with Gasteiger partial charge in [-0.3, -0.25) is 9.59 Å². The number of para-hydroxylation sites is 2. The number of fused-ring (bicyclic) bond motifs is 1. The summed E-state index contributed by atoms with van der Waals surface area (Å²) < 4.78 is 6.80. The third-order valence-corrected chi connectivity index (χ3v) is 4.39. The van der Waals surface area contributed by atoms with Gasteiger partial charge in [-0.05, 0) is 31.2 Å². The maximum atomic E-state index is 12.5. The van der Waals surface area contributed by atoms with Gasteiger partial charge in [-0.1, -0.05) is 30.3 Å². The topological polar surface area (TPSA) is 85.2 Å². The molecule has 3 aromatic rings. The molecule has 1 aromatic heterocycles. The number of hydrogen-bond acceptors (Lipinski definition) is 4. The summed E-state index contributed by atoms with van der Waals surface area (Å²) in [4.78, 5) is 29.5. The quantitative estimate of drug-likeness (QED) is 0.587. The van der Waals surface area contributed by atoms with Crippen LogP contribution in [-0.2, 0) is 16.1 Å². The maximum Gasteiger partial charge on any atom is 0.251 e. The molecule has 0 saturated heterocycles. The van der Waals surface area contributed by atoms with Gasteiger partial charge in [0, 0.05) is 19.2 Å². The first-order valence-corrected chi connectivity index (χ1v) is 9.17. The minimum atomic E-state index is -0.369. The number of aromatic nitrogens is 2. The van der Waals surface area contributed by atoms with Crippen molar-refractivity contribution in [3.05, 3.63) is 66.0 Å². The fourth-order valence-corrected chi connectivity index (χ4v) is 3.02. The summed E-state index contributed by atoms with van der Waals surface area (Å²) in [5, 5.41) is 5.78. The van der Waals surface area contributed by atoms with Gasteiger partial charge in [0.15, 0.2) is 0 Å². The second-order valence-electron chi connectivity index (χ2n) is 6.45. The fourth-order valence-electron chi connectivity index (χ4n) is 3.02. The monoisotopic (exact) mass is 380 g/mol. The SMILES string of the molecule is COCCNC(=O)Cn1c([C@@H](C)NC(=O)c2ccccc2)nc2ccccc21. The Kier molecular flexibility index (Phi) is 6.39. The van der Waals surface area contributed by atoms with Crippen molar-refractivity contribution >= 4 is 22.8 Å². The van der Waals surface area contributed by atoms with Gasteiger partial charge in [0.05, 0.1) is 23.7 Å². The lowest BCUT2D eigenvalue weighted by molar-refractivity contribution is -0.121.